The van der Waals surface area contributed by atoms with Crippen LogP contribution in [0.4, 0.5) is 0 Å². The van der Waals surface area contributed by atoms with Crippen LogP contribution in [-0.4, -0.2) is 55.1 Å². The molecular formula is C12H21NO4. The first-order chi connectivity index (χ1) is 7.60. The predicted octanol–water partition coefficient (Wildman–Crippen LogP) is -1.05. The Morgan fingerprint density at radius 3 is 2.12 bits per heavy atom. The van der Waals surface area contributed by atoms with E-state index in [0.717, 1.165) is 0 Å². The van der Waals surface area contributed by atoms with Crippen molar-refractivity contribution < 1.29 is 24.3 Å². The van der Waals surface area contributed by atoms with Gasteiger partial charge in [-0.2, -0.15) is 0 Å². The van der Waals surface area contributed by atoms with Crippen molar-refractivity contribution in [3.05, 3.63) is 11.6 Å². The number of aliphatic hydroxyl groups excluding tert-OH is 1. The monoisotopic (exact) mass is 243 g/mol. The van der Waals surface area contributed by atoms with E-state index in [0.29, 0.717) is 10.1 Å². The Balaban J connectivity index is 5.00. The van der Waals surface area contributed by atoms with Gasteiger partial charge in [-0.05, 0) is 19.4 Å². The lowest BCUT2D eigenvalue weighted by atomic mass is 9.92. The lowest BCUT2D eigenvalue weighted by Crippen LogP contribution is -2.51. The van der Waals surface area contributed by atoms with E-state index < -0.39 is 23.8 Å². The van der Waals surface area contributed by atoms with Gasteiger partial charge in [-0.3, -0.25) is 4.79 Å². The number of rotatable bonds is 6. The van der Waals surface area contributed by atoms with E-state index in [2.05, 4.69) is 0 Å². The molecule has 0 aromatic heterocycles. The summed E-state index contributed by atoms with van der Waals surface area (Å²) in [6.07, 6.45) is 0.277. The molecule has 0 aromatic carbocycles. The van der Waals surface area contributed by atoms with Crippen LogP contribution in [0.15, 0.2) is 11.6 Å². The van der Waals surface area contributed by atoms with Crippen molar-refractivity contribution in [2.45, 2.75) is 20.0 Å². The molecule has 0 saturated carbocycles. The number of nitrogens with zero attached hydrogens (tertiary/aromatic N) is 1. The number of allylic oxidation sites excluding steroid dienone is 2. The molecule has 0 spiro atoms. The van der Waals surface area contributed by atoms with E-state index in [1.807, 2.05) is 21.1 Å². The van der Waals surface area contributed by atoms with Gasteiger partial charge in [0.25, 0.3) is 0 Å². The third-order valence-electron chi connectivity index (χ3n) is 2.48. The summed E-state index contributed by atoms with van der Waals surface area (Å²) < 4.78 is 0.368. The fraction of sp³-hybridized carbons (Fsp3) is 0.667. The molecular weight excluding hydrogens is 222 g/mol. The van der Waals surface area contributed by atoms with E-state index in [1.54, 1.807) is 6.92 Å². The van der Waals surface area contributed by atoms with E-state index in [4.69, 9.17) is 0 Å². The van der Waals surface area contributed by atoms with E-state index in [1.165, 1.54) is 13.0 Å². The Kier molecular flexibility index (Phi) is 5.51. The number of carboxylic acids is 1. The molecule has 17 heavy (non-hydrogen) atoms. The zero-order chi connectivity index (χ0) is 13.8. The molecule has 5 heteroatoms. The molecule has 0 aliphatic carbocycles. The number of hydrogen-bond acceptors (Lipinski definition) is 4. The number of aliphatic carboxylic acids is 1. The highest BCUT2D eigenvalue weighted by molar-refractivity contribution is 6.07. The van der Waals surface area contributed by atoms with Gasteiger partial charge in [-0.15, -0.1) is 0 Å². The summed E-state index contributed by atoms with van der Waals surface area (Å²) in [5.74, 6) is -3.62. The molecule has 0 aliphatic heterocycles. The third kappa shape index (κ3) is 5.10. The molecule has 5 nitrogen and oxygen atoms in total. The highest BCUT2D eigenvalue weighted by atomic mass is 16.4. The lowest BCUT2D eigenvalue weighted by Gasteiger charge is -2.30. The standard InChI is InChI=1S/C12H21NO4/c1-6-8(2)11(15)10(12(16)17)9(14)7-13(3,4)5/h6,9-10,14H,7H2,1-5H3/b8-6+. The molecule has 0 radical (unpaired) electrons. The number of aliphatic hydroxyl groups is 1. The molecule has 2 unspecified atom stereocenters. The summed E-state index contributed by atoms with van der Waals surface area (Å²) >= 11 is 0. The Labute approximate surface area is 102 Å². The molecule has 1 N–H and O–H groups in total. The van der Waals surface area contributed by atoms with Gasteiger partial charge in [-0.1, -0.05) is 6.08 Å². The maximum Gasteiger partial charge on any atom is 0.169 e. The predicted molar refractivity (Wildman–Crippen MR) is 61.8 cm³/mol. The molecule has 98 valence electrons. The quantitative estimate of drug-likeness (QED) is 0.367. The van der Waals surface area contributed by atoms with Crippen LogP contribution in [0, 0.1) is 5.92 Å². The van der Waals surface area contributed by atoms with Crippen LogP contribution < -0.4 is 5.11 Å². The number of likely N-dealkylation sites (N-methyl/N-ethyl adjacent to an activating group) is 1. The zero-order valence-electron chi connectivity index (χ0n) is 11.1. The first-order valence-corrected chi connectivity index (χ1v) is 5.46. The molecule has 2 atom stereocenters. The minimum absolute atomic E-state index is 0.168. The Bertz CT molecular complexity index is 328. The first-order valence-electron chi connectivity index (χ1n) is 5.46. The number of carboxylic acid groups (broad SMARTS) is 1. The van der Waals surface area contributed by atoms with Gasteiger partial charge in [0.2, 0.25) is 0 Å². The molecule has 0 bridgehead atoms. The second-order valence-electron chi connectivity index (χ2n) is 5.17. The van der Waals surface area contributed by atoms with E-state index >= 15 is 0 Å². The van der Waals surface area contributed by atoms with Crippen LogP contribution in [0.25, 0.3) is 0 Å². The SMILES string of the molecule is C/C=C(\C)C(=O)C(C(=O)[O-])C(O)C[N+](C)(C)C. The molecule has 0 rings (SSSR count). The molecule has 0 saturated heterocycles. The topological polar surface area (TPSA) is 77.4 Å². The minimum Gasteiger partial charge on any atom is -0.549 e. The van der Waals surface area contributed by atoms with Crippen molar-refractivity contribution in [1.29, 1.82) is 0 Å². The first kappa shape index (κ1) is 15.8. The van der Waals surface area contributed by atoms with Gasteiger partial charge in [0, 0.05) is 0 Å². The van der Waals surface area contributed by atoms with Crippen LogP contribution in [0.1, 0.15) is 13.8 Å². The largest absolute Gasteiger partial charge is 0.549 e. The molecule has 0 fully saturated rings. The van der Waals surface area contributed by atoms with Crippen molar-refractivity contribution in [2.75, 3.05) is 27.7 Å². The van der Waals surface area contributed by atoms with Gasteiger partial charge in [0.15, 0.2) is 5.78 Å². The summed E-state index contributed by atoms with van der Waals surface area (Å²) in [7, 11) is 5.42. The van der Waals surface area contributed by atoms with Gasteiger partial charge < -0.3 is 19.5 Å². The van der Waals surface area contributed by atoms with Gasteiger partial charge in [-0.25, -0.2) is 0 Å². The summed E-state index contributed by atoms with van der Waals surface area (Å²) in [6, 6.07) is 0. The Morgan fingerprint density at radius 2 is 1.82 bits per heavy atom. The number of Topliss-reactive ketones (excluding diaryl/α,β-unsaturated/α-hetero) is 1. The number of ketones is 1. The maximum absolute atomic E-state index is 11.8. The van der Waals surface area contributed by atoms with Gasteiger partial charge in [0.05, 0.1) is 33.0 Å². The van der Waals surface area contributed by atoms with Crippen molar-refractivity contribution in [2.24, 2.45) is 5.92 Å². The van der Waals surface area contributed by atoms with Crippen molar-refractivity contribution in [3.8, 4) is 0 Å². The molecule has 0 aliphatic rings. The van der Waals surface area contributed by atoms with Crippen LogP contribution in [0.3, 0.4) is 0 Å². The van der Waals surface area contributed by atoms with Crippen LogP contribution in [-0.2, 0) is 9.59 Å². The highest BCUT2D eigenvalue weighted by Gasteiger charge is 2.32. The second kappa shape index (κ2) is 5.93. The minimum atomic E-state index is -1.53. The Morgan fingerprint density at radius 1 is 1.35 bits per heavy atom. The fourth-order valence-corrected chi connectivity index (χ4v) is 1.49. The molecule has 0 amide bonds. The maximum atomic E-state index is 11.8. The normalized spacial score (nSPS) is 16.5. The highest BCUT2D eigenvalue weighted by Crippen LogP contribution is 2.13. The number of carbonyl (C=O) groups is 2. The molecule has 0 aromatic rings. The average molecular weight is 243 g/mol. The van der Waals surface area contributed by atoms with Crippen molar-refractivity contribution in [3.63, 3.8) is 0 Å². The summed E-state index contributed by atoms with van der Waals surface area (Å²) in [6.45, 7) is 3.34. The molecule has 0 heterocycles. The lowest BCUT2D eigenvalue weighted by molar-refractivity contribution is -0.873. The van der Waals surface area contributed by atoms with E-state index in [-0.39, 0.29) is 6.54 Å². The summed E-state index contributed by atoms with van der Waals surface area (Å²) in [4.78, 5) is 22.7. The van der Waals surface area contributed by atoms with Crippen molar-refractivity contribution in [1.82, 2.24) is 0 Å². The van der Waals surface area contributed by atoms with Gasteiger partial charge in [0.1, 0.15) is 12.6 Å². The van der Waals surface area contributed by atoms with Gasteiger partial charge >= 0.3 is 0 Å². The number of hydrogen-bond donors (Lipinski definition) is 1. The van der Waals surface area contributed by atoms with Crippen LogP contribution in [0.2, 0.25) is 0 Å². The fourth-order valence-electron chi connectivity index (χ4n) is 1.49. The van der Waals surface area contributed by atoms with Crippen LogP contribution >= 0.6 is 0 Å². The van der Waals surface area contributed by atoms with Crippen LogP contribution in [0.5, 0.6) is 0 Å². The average Bonchev–Trinajstić information content (AvgIpc) is 2.12. The Hall–Kier alpha value is -1.20. The number of quaternary nitrogens is 1. The van der Waals surface area contributed by atoms with E-state index in [9.17, 15) is 19.8 Å². The third-order valence-corrected chi connectivity index (χ3v) is 2.48. The smallest absolute Gasteiger partial charge is 0.169 e. The van der Waals surface area contributed by atoms with Crippen molar-refractivity contribution >= 4 is 11.8 Å². The zero-order valence-corrected chi connectivity index (χ0v) is 11.1. The number of carbonyl (C=O) groups excluding carboxylic acids is 2. The second-order valence-corrected chi connectivity index (χ2v) is 5.17. The summed E-state index contributed by atoms with van der Waals surface area (Å²) in [5, 5.41) is 20.8. The summed E-state index contributed by atoms with van der Waals surface area (Å²) in [5.41, 5.74) is 0.319.